The van der Waals surface area contributed by atoms with E-state index in [1.54, 1.807) is 31.1 Å². The second-order valence-electron chi connectivity index (χ2n) is 9.97. The van der Waals surface area contributed by atoms with Gasteiger partial charge in [0, 0.05) is 58.3 Å². The molecule has 39 heavy (non-hydrogen) atoms. The van der Waals surface area contributed by atoms with Crippen LogP contribution in [0.4, 0.5) is 4.39 Å². The van der Waals surface area contributed by atoms with Crippen LogP contribution in [0.2, 0.25) is 5.02 Å². The van der Waals surface area contributed by atoms with E-state index < -0.39 is 28.4 Å². The summed E-state index contributed by atoms with van der Waals surface area (Å²) in [5, 5.41) is 12.0. The van der Waals surface area contributed by atoms with Crippen LogP contribution in [0.15, 0.2) is 60.8 Å². The largest absolute Gasteiger partial charge is 0.385 e. The van der Waals surface area contributed by atoms with E-state index in [0.29, 0.717) is 42.7 Å². The lowest BCUT2D eigenvalue weighted by Crippen LogP contribution is -2.37. The minimum absolute atomic E-state index is 0.126. The standard InChI is InChI=1S/C24H31FN2O4S.C6H5Cl/c1-16-5-6-20(26-13-16)14-27(3)23(31-4)22-17(15-28)11-19(12-21(22)25)24(2,29)18-7-9-32(30)10-8-18;7-6-4-2-1-3-5-6/h5-6,11-13,15,18,23,29H,7-10,14H2,1-4H3;1-5H. The maximum atomic E-state index is 15.4. The molecule has 2 atom stereocenters. The summed E-state index contributed by atoms with van der Waals surface area (Å²) in [5.41, 5.74) is 1.11. The Morgan fingerprint density at radius 1 is 1.23 bits per heavy atom. The van der Waals surface area contributed by atoms with Crippen molar-refractivity contribution in [3.63, 3.8) is 0 Å². The summed E-state index contributed by atoms with van der Waals surface area (Å²) >= 11 is 5.54. The van der Waals surface area contributed by atoms with Crippen LogP contribution in [0.25, 0.3) is 0 Å². The number of nitrogens with zero attached hydrogens (tertiary/aromatic N) is 2. The Morgan fingerprint density at radius 2 is 1.90 bits per heavy atom. The SMILES string of the molecule is COC(c1c(F)cc(C(C)(O)C2CCS(=O)CC2)cc1C=O)N(C)Cc1ccc(C)cn1.Clc1ccccc1. The first-order valence-corrected chi connectivity index (χ1v) is 14.6. The molecular weight excluding hydrogens is 539 g/mol. The third-order valence-corrected chi connectivity index (χ3v) is 8.68. The van der Waals surface area contributed by atoms with Gasteiger partial charge in [0.15, 0.2) is 6.29 Å². The first-order valence-electron chi connectivity index (χ1n) is 12.8. The fourth-order valence-corrected chi connectivity index (χ4v) is 6.19. The van der Waals surface area contributed by atoms with Crippen molar-refractivity contribution in [1.29, 1.82) is 0 Å². The Bertz CT molecular complexity index is 1250. The van der Waals surface area contributed by atoms with Gasteiger partial charge in [0.1, 0.15) is 12.0 Å². The molecule has 2 heterocycles. The number of aliphatic hydroxyl groups is 1. The predicted molar refractivity (Wildman–Crippen MR) is 154 cm³/mol. The zero-order valence-corrected chi connectivity index (χ0v) is 24.3. The molecule has 0 radical (unpaired) electrons. The molecular formula is C30H36ClFN2O4S. The molecule has 0 spiro atoms. The van der Waals surface area contributed by atoms with E-state index in [1.807, 2.05) is 49.4 Å². The molecule has 1 saturated heterocycles. The minimum atomic E-state index is -1.33. The van der Waals surface area contributed by atoms with Gasteiger partial charge >= 0.3 is 0 Å². The third-order valence-electron chi connectivity index (χ3n) is 7.04. The van der Waals surface area contributed by atoms with E-state index in [2.05, 4.69) is 4.98 Å². The number of hydrogen-bond acceptors (Lipinski definition) is 6. The van der Waals surface area contributed by atoms with Gasteiger partial charge in [-0.2, -0.15) is 0 Å². The molecule has 9 heteroatoms. The predicted octanol–water partition coefficient (Wildman–Crippen LogP) is 5.82. The number of ether oxygens (including phenoxy) is 1. The van der Waals surface area contributed by atoms with Crippen LogP contribution in [0, 0.1) is 18.7 Å². The summed E-state index contributed by atoms with van der Waals surface area (Å²) in [6.45, 7) is 3.99. The zero-order valence-electron chi connectivity index (χ0n) is 22.8. The molecule has 1 N–H and O–H groups in total. The van der Waals surface area contributed by atoms with Crippen molar-refractivity contribution in [2.24, 2.45) is 5.92 Å². The van der Waals surface area contributed by atoms with Gasteiger partial charge in [-0.05, 0) is 81.1 Å². The molecule has 0 amide bonds. The second-order valence-corrected chi connectivity index (χ2v) is 12.1. The summed E-state index contributed by atoms with van der Waals surface area (Å²) in [6, 6.07) is 16.1. The van der Waals surface area contributed by atoms with Gasteiger partial charge in [-0.25, -0.2) is 4.39 Å². The molecule has 210 valence electrons. The van der Waals surface area contributed by atoms with Crippen molar-refractivity contribution in [2.45, 2.75) is 45.1 Å². The van der Waals surface area contributed by atoms with Gasteiger partial charge in [0.25, 0.3) is 0 Å². The van der Waals surface area contributed by atoms with Gasteiger partial charge in [0.2, 0.25) is 0 Å². The highest BCUT2D eigenvalue weighted by atomic mass is 35.5. The summed E-state index contributed by atoms with van der Waals surface area (Å²) < 4.78 is 32.7. The quantitative estimate of drug-likeness (QED) is 0.269. The summed E-state index contributed by atoms with van der Waals surface area (Å²) in [5.74, 6) is 0.273. The van der Waals surface area contributed by atoms with Crippen LogP contribution in [-0.2, 0) is 27.7 Å². The topological polar surface area (TPSA) is 79.7 Å². The number of pyridine rings is 1. The lowest BCUT2D eigenvalue weighted by molar-refractivity contribution is -0.0284. The molecule has 4 rings (SSSR count). The average molecular weight is 575 g/mol. The maximum Gasteiger partial charge on any atom is 0.150 e. The van der Waals surface area contributed by atoms with Crippen molar-refractivity contribution < 1.29 is 23.2 Å². The average Bonchev–Trinajstić information content (AvgIpc) is 2.92. The van der Waals surface area contributed by atoms with E-state index in [9.17, 15) is 14.1 Å². The Balaban J connectivity index is 0.000000520. The van der Waals surface area contributed by atoms with Gasteiger partial charge in [0.05, 0.1) is 11.3 Å². The van der Waals surface area contributed by atoms with Crippen LogP contribution in [0.5, 0.6) is 0 Å². The minimum Gasteiger partial charge on any atom is -0.385 e. The molecule has 1 aromatic heterocycles. The highest BCUT2D eigenvalue weighted by molar-refractivity contribution is 7.85. The van der Waals surface area contributed by atoms with Crippen molar-refractivity contribution in [2.75, 3.05) is 25.7 Å². The van der Waals surface area contributed by atoms with E-state index in [4.69, 9.17) is 16.3 Å². The summed E-state index contributed by atoms with van der Waals surface area (Å²) in [4.78, 5) is 18.1. The van der Waals surface area contributed by atoms with Crippen molar-refractivity contribution in [3.8, 4) is 0 Å². The van der Waals surface area contributed by atoms with Crippen LogP contribution < -0.4 is 0 Å². The Kier molecular flexibility index (Phi) is 11.3. The van der Waals surface area contributed by atoms with Crippen LogP contribution >= 0.6 is 11.6 Å². The highest BCUT2D eigenvalue weighted by Crippen LogP contribution is 2.39. The van der Waals surface area contributed by atoms with Crippen LogP contribution in [0.1, 0.15) is 58.7 Å². The van der Waals surface area contributed by atoms with Crippen LogP contribution in [0.3, 0.4) is 0 Å². The summed E-state index contributed by atoms with van der Waals surface area (Å²) in [6.07, 6.45) is 2.73. The smallest absolute Gasteiger partial charge is 0.150 e. The number of methoxy groups -OCH3 is 1. The number of benzene rings is 2. The molecule has 0 bridgehead atoms. The molecule has 6 nitrogen and oxygen atoms in total. The van der Waals surface area contributed by atoms with E-state index >= 15 is 4.39 Å². The Hall–Kier alpha value is -2.49. The van der Waals surface area contributed by atoms with E-state index in [1.165, 1.54) is 13.2 Å². The summed E-state index contributed by atoms with van der Waals surface area (Å²) in [7, 11) is 2.37. The van der Waals surface area contributed by atoms with Crippen molar-refractivity contribution in [1.82, 2.24) is 9.88 Å². The fourth-order valence-electron chi connectivity index (χ4n) is 4.74. The molecule has 2 aromatic carbocycles. The van der Waals surface area contributed by atoms with Crippen molar-refractivity contribution in [3.05, 3.63) is 99.6 Å². The number of aldehydes is 1. The Morgan fingerprint density at radius 3 is 2.41 bits per heavy atom. The number of halogens is 2. The number of aromatic nitrogens is 1. The van der Waals surface area contributed by atoms with Gasteiger partial charge in [-0.3, -0.25) is 18.9 Å². The zero-order chi connectivity index (χ0) is 28.6. The number of carbonyl (C=O) groups excluding carboxylic acids is 1. The lowest BCUT2D eigenvalue weighted by Gasteiger charge is -2.36. The Labute approximate surface area is 237 Å². The maximum absolute atomic E-state index is 15.4. The second kappa shape index (κ2) is 14.2. The van der Waals surface area contributed by atoms with E-state index in [0.717, 1.165) is 16.3 Å². The molecule has 1 fully saturated rings. The normalized spacial score (nSPS) is 19.5. The highest BCUT2D eigenvalue weighted by Gasteiger charge is 2.37. The molecule has 3 aromatic rings. The monoisotopic (exact) mass is 574 g/mol. The molecule has 2 unspecified atom stereocenters. The molecule has 0 aliphatic carbocycles. The number of rotatable bonds is 8. The number of aryl methyl sites for hydroxylation is 1. The molecule has 1 aliphatic heterocycles. The number of hydrogen-bond donors (Lipinski definition) is 1. The fraction of sp³-hybridized carbons (Fsp3) is 0.400. The molecule has 0 saturated carbocycles. The molecule has 1 aliphatic rings. The first kappa shape index (κ1) is 31.0. The first-order chi connectivity index (χ1) is 18.6. The van der Waals surface area contributed by atoms with Crippen LogP contribution in [-0.4, -0.2) is 51.1 Å². The van der Waals surface area contributed by atoms with Gasteiger partial charge in [-0.15, -0.1) is 0 Å². The van der Waals surface area contributed by atoms with Gasteiger partial charge < -0.3 is 9.84 Å². The number of carbonyl (C=O) groups is 1. The van der Waals surface area contributed by atoms with E-state index in [-0.39, 0.29) is 17.0 Å². The van der Waals surface area contributed by atoms with Crippen molar-refractivity contribution >= 4 is 28.7 Å². The third kappa shape index (κ3) is 8.25. The van der Waals surface area contributed by atoms with Gasteiger partial charge in [-0.1, -0.05) is 35.9 Å². The lowest BCUT2D eigenvalue weighted by atomic mass is 9.78.